The first-order valence-electron chi connectivity index (χ1n) is 8.54. The number of hydrogen-bond donors (Lipinski definition) is 0. The molecular formula is C20H21N3O4. The summed E-state index contributed by atoms with van der Waals surface area (Å²) < 4.78 is 10.7. The number of benzene rings is 2. The molecule has 0 saturated carbocycles. The fourth-order valence-corrected chi connectivity index (χ4v) is 2.34. The zero-order valence-corrected chi connectivity index (χ0v) is 15.2. The van der Waals surface area contributed by atoms with Crippen LogP contribution >= 0.6 is 0 Å². The average Bonchev–Trinajstić information content (AvgIpc) is 2.70. The Kier molecular flexibility index (Phi) is 7.40. The van der Waals surface area contributed by atoms with E-state index in [1.165, 1.54) is 0 Å². The Morgan fingerprint density at radius 1 is 1.04 bits per heavy atom. The van der Waals surface area contributed by atoms with E-state index in [-0.39, 0.29) is 18.1 Å². The van der Waals surface area contributed by atoms with E-state index in [4.69, 9.17) is 15.0 Å². The number of ether oxygens (including phenoxy) is 2. The van der Waals surface area contributed by atoms with Crippen LogP contribution in [-0.4, -0.2) is 24.6 Å². The van der Waals surface area contributed by atoms with Gasteiger partial charge in [0.15, 0.2) is 0 Å². The Labute approximate surface area is 157 Å². The highest BCUT2D eigenvalue weighted by atomic mass is 16.6. The highest BCUT2D eigenvalue weighted by Gasteiger charge is 2.34. The molecule has 2 rings (SSSR count). The van der Waals surface area contributed by atoms with Crippen LogP contribution in [0.3, 0.4) is 0 Å². The van der Waals surface area contributed by atoms with Gasteiger partial charge in [0.25, 0.3) is 0 Å². The average molecular weight is 367 g/mol. The summed E-state index contributed by atoms with van der Waals surface area (Å²) in [6.45, 7) is 3.94. The molecule has 0 aliphatic carbocycles. The van der Waals surface area contributed by atoms with Gasteiger partial charge < -0.3 is 9.47 Å². The summed E-state index contributed by atoms with van der Waals surface area (Å²) in [7, 11) is 0. The molecule has 0 aliphatic heterocycles. The lowest BCUT2D eigenvalue weighted by molar-refractivity contribution is -0.156. The maximum absolute atomic E-state index is 12.6. The number of carbonyl (C=O) groups is 2. The molecule has 140 valence electrons. The highest BCUT2D eigenvalue weighted by Crippen LogP contribution is 2.26. The molecule has 27 heavy (non-hydrogen) atoms. The second-order valence-electron chi connectivity index (χ2n) is 6.28. The van der Waals surface area contributed by atoms with Gasteiger partial charge in [-0.3, -0.25) is 0 Å². The Morgan fingerprint density at radius 2 is 1.63 bits per heavy atom. The predicted octanol–water partition coefficient (Wildman–Crippen LogP) is 4.46. The summed E-state index contributed by atoms with van der Waals surface area (Å²) >= 11 is 0. The summed E-state index contributed by atoms with van der Waals surface area (Å²) in [6.07, 6.45) is -1.39. The van der Waals surface area contributed by atoms with Crippen LogP contribution in [0.4, 0.5) is 0 Å². The Hall–Kier alpha value is -3.31. The Bertz CT molecular complexity index is 802. The first-order valence-corrected chi connectivity index (χ1v) is 8.54. The van der Waals surface area contributed by atoms with Gasteiger partial charge in [-0.15, -0.1) is 0 Å². The lowest BCUT2D eigenvalue weighted by atomic mass is 10.0. The molecule has 0 unspecified atom stereocenters. The third-order valence-corrected chi connectivity index (χ3v) is 3.64. The van der Waals surface area contributed by atoms with Crippen molar-refractivity contribution in [3.05, 3.63) is 82.2 Å². The molecule has 2 atom stereocenters. The van der Waals surface area contributed by atoms with Crippen LogP contribution < -0.4 is 0 Å². The number of esters is 2. The van der Waals surface area contributed by atoms with Gasteiger partial charge in [-0.25, -0.2) is 9.59 Å². The van der Waals surface area contributed by atoms with Gasteiger partial charge in [-0.2, -0.15) is 0 Å². The quantitative estimate of drug-likeness (QED) is 0.297. The monoisotopic (exact) mass is 367 g/mol. The largest absolute Gasteiger partial charge is 0.463 e. The van der Waals surface area contributed by atoms with Crippen molar-refractivity contribution in [1.29, 1.82) is 0 Å². The highest BCUT2D eigenvalue weighted by molar-refractivity contribution is 5.91. The van der Waals surface area contributed by atoms with E-state index in [2.05, 4.69) is 10.0 Å². The van der Waals surface area contributed by atoms with Gasteiger partial charge in [-0.05, 0) is 29.1 Å². The van der Waals surface area contributed by atoms with Crippen LogP contribution in [0.2, 0.25) is 0 Å². The maximum Gasteiger partial charge on any atom is 0.348 e. The molecule has 0 amide bonds. The minimum Gasteiger partial charge on any atom is -0.463 e. The smallest absolute Gasteiger partial charge is 0.348 e. The molecule has 0 heterocycles. The van der Waals surface area contributed by atoms with E-state index < -0.39 is 24.1 Å². The summed E-state index contributed by atoms with van der Waals surface area (Å²) in [5.74, 6) is -1.35. The van der Waals surface area contributed by atoms with Gasteiger partial charge in [0, 0.05) is 4.91 Å². The number of rotatable bonds is 8. The third-order valence-electron chi connectivity index (χ3n) is 3.64. The van der Waals surface area contributed by atoms with Gasteiger partial charge >= 0.3 is 11.9 Å². The van der Waals surface area contributed by atoms with Crippen LogP contribution in [0.5, 0.6) is 0 Å². The molecule has 0 saturated heterocycles. The Balaban J connectivity index is 2.33. The molecule has 7 nitrogen and oxygen atoms in total. The van der Waals surface area contributed by atoms with Crippen molar-refractivity contribution < 1.29 is 19.1 Å². The molecular weight excluding hydrogens is 346 g/mol. The second kappa shape index (κ2) is 9.99. The number of hydrogen-bond acceptors (Lipinski definition) is 5. The van der Waals surface area contributed by atoms with Gasteiger partial charge in [0.2, 0.25) is 6.10 Å². The van der Waals surface area contributed by atoms with Crippen LogP contribution in [0.1, 0.15) is 35.8 Å². The summed E-state index contributed by atoms with van der Waals surface area (Å²) in [5.41, 5.74) is 9.79. The first-order chi connectivity index (χ1) is 13.0. The molecule has 0 fully saturated rings. The van der Waals surface area contributed by atoms with Crippen molar-refractivity contribution in [3.8, 4) is 0 Å². The van der Waals surface area contributed by atoms with Crippen LogP contribution in [-0.2, 0) is 14.3 Å². The topological polar surface area (TPSA) is 101 Å². The normalized spacial score (nSPS) is 12.6. The van der Waals surface area contributed by atoms with E-state index in [9.17, 15) is 9.59 Å². The lowest BCUT2D eigenvalue weighted by Gasteiger charge is -2.23. The van der Waals surface area contributed by atoms with E-state index in [0.717, 1.165) is 0 Å². The first kappa shape index (κ1) is 20.0. The van der Waals surface area contributed by atoms with E-state index in [1.807, 2.05) is 13.8 Å². The maximum atomic E-state index is 12.6. The summed E-state index contributed by atoms with van der Waals surface area (Å²) in [5, 5.41) is 3.69. The van der Waals surface area contributed by atoms with Crippen molar-refractivity contribution in [1.82, 2.24) is 0 Å². The van der Waals surface area contributed by atoms with Gasteiger partial charge in [0.1, 0.15) is 6.04 Å². The fraction of sp³-hybridized carbons (Fsp3) is 0.300. The van der Waals surface area contributed by atoms with Crippen molar-refractivity contribution in [3.63, 3.8) is 0 Å². The van der Waals surface area contributed by atoms with E-state index in [1.54, 1.807) is 60.7 Å². The standard InChI is InChI=1S/C20H21N3O4/c1-14(2)13-26-20(25)18(27-19(24)16-11-7-4-8-12-16)17(22-23-21)15-9-5-3-6-10-15/h3-12,14,17-18H,13H2,1-2H3/t17-,18-/m0/s1. The molecule has 2 aromatic rings. The Morgan fingerprint density at radius 3 is 2.19 bits per heavy atom. The van der Waals surface area contributed by atoms with Crippen molar-refractivity contribution >= 4 is 11.9 Å². The van der Waals surface area contributed by atoms with E-state index in [0.29, 0.717) is 5.56 Å². The number of nitrogens with zero attached hydrogens (tertiary/aromatic N) is 3. The van der Waals surface area contributed by atoms with E-state index >= 15 is 0 Å². The van der Waals surface area contributed by atoms with Crippen LogP contribution in [0, 0.1) is 5.92 Å². The minimum atomic E-state index is -1.39. The molecule has 0 N–H and O–H groups in total. The molecule has 0 bridgehead atoms. The predicted molar refractivity (Wildman–Crippen MR) is 99.8 cm³/mol. The van der Waals surface area contributed by atoms with Gasteiger partial charge in [-0.1, -0.05) is 67.5 Å². The third kappa shape index (κ3) is 5.87. The van der Waals surface area contributed by atoms with Crippen LogP contribution in [0.15, 0.2) is 65.8 Å². The van der Waals surface area contributed by atoms with Crippen molar-refractivity contribution in [2.24, 2.45) is 11.0 Å². The second-order valence-corrected chi connectivity index (χ2v) is 6.28. The zero-order chi connectivity index (χ0) is 19.6. The zero-order valence-electron chi connectivity index (χ0n) is 15.2. The van der Waals surface area contributed by atoms with Crippen molar-refractivity contribution in [2.45, 2.75) is 26.0 Å². The molecule has 0 aliphatic rings. The van der Waals surface area contributed by atoms with Crippen LogP contribution in [0.25, 0.3) is 10.4 Å². The summed E-state index contributed by atoms with van der Waals surface area (Å²) in [4.78, 5) is 27.9. The SMILES string of the molecule is CC(C)COC(=O)[C@@H](OC(=O)c1ccccc1)[C@@H](N=[N+]=[N-])c1ccccc1. The number of carbonyl (C=O) groups excluding carboxylic acids is 2. The molecule has 0 spiro atoms. The fourth-order valence-electron chi connectivity index (χ4n) is 2.34. The minimum absolute atomic E-state index is 0.106. The molecule has 2 aromatic carbocycles. The molecule has 0 radical (unpaired) electrons. The number of azide groups is 1. The molecule has 0 aromatic heterocycles. The van der Waals surface area contributed by atoms with Crippen molar-refractivity contribution in [2.75, 3.05) is 6.61 Å². The molecule has 7 heteroatoms. The summed E-state index contributed by atoms with van der Waals surface area (Å²) in [6, 6.07) is 15.9. The van der Waals surface area contributed by atoms with Gasteiger partial charge in [0.05, 0.1) is 12.2 Å². The lowest BCUT2D eigenvalue weighted by Crippen LogP contribution is -2.35.